The number of nitro groups is 1. The summed E-state index contributed by atoms with van der Waals surface area (Å²) in [6.07, 6.45) is 8.91. The second-order valence-corrected chi connectivity index (χ2v) is 7.29. The molecule has 2 aliphatic rings. The molecule has 0 atom stereocenters. The van der Waals surface area contributed by atoms with Gasteiger partial charge < -0.3 is 10.1 Å². The maximum Gasteiger partial charge on any atom is 0.270 e. The Morgan fingerprint density at radius 2 is 2.00 bits per heavy atom. The summed E-state index contributed by atoms with van der Waals surface area (Å²) in [7, 11) is 0. The van der Waals surface area contributed by atoms with Crippen LogP contribution in [0, 0.1) is 10.1 Å². The number of amides is 1. The fraction of sp³-hybridized carbons (Fsp3) is 0.550. The van der Waals surface area contributed by atoms with E-state index in [9.17, 15) is 14.9 Å². The van der Waals surface area contributed by atoms with Gasteiger partial charge in [-0.1, -0.05) is 31.4 Å². The van der Waals surface area contributed by atoms with E-state index in [2.05, 4.69) is 10.2 Å². The minimum Gasteiger partial charge on any atom is -0.379 e. The predicted molar refractivity (Wildman–Crippen MR) is 103 cm³/mol. The van der Waals surface area contributed by atoms with E-state index in [1.165, 1.54) is 37.5 Å². The zero-order valence-corrected chi connectivity index (χ0v) is 15.6. The van der Waals surface area contributed by atoms with Gasteiger partial charge in [-0.25, -0.2) is 0 Å². The van der Waals surface area contributed by atoms with Crippen LogP contribution in [0.5, 0.6) is 0 Å². The van der Waals surface area contributed by atoms with Gasteiger partial charge in [0.25, 0.3) is 5.69 Å². The first-order chi connectivity index (χ1) is 13.1. The van der Waals surface area contributed by atoms with Gasteiger partial charge in [-0.05, 0) is 24.5 Å². The van der Waals surface area contributed by atoms with E-state index >= 15 is 0 Å². The third-order valence-electron chi connectivity index (χ3n) is 5.57. The number of non-ortho nitro benzene ring substituents is 1. The molecule has 2 fully saturated rings. The van der Waals surface area contributed by atoms with Crippen LogP contribution in [-0.4, -0.2) is 54.1 Å². The molecular formula is C20H27N3O4. The monoisotopic (exact) mass is 373 g/mol. The van der Waals surface area contributed by atoms with Gasteiger partial charge in [-0.3, -0.25) is 19.8 Å². The van der Waals surface area contributed by atoms with E-state index in [-0.39, 0.29) is 17.1 Å². The Morgan fingerprint density at radius 3 is 2.70 bits per heavy atom. The number of carbonyl (C=O) groups is 1. The van der Waals surface area contributed by atoms with Crippen LogP contribution in [0.15, 0.2) is 30.3 Å². The molecule has 0 unspecified atom stereocenters. The number of carbonyl (C=O) groups excluding carboxylic acids is 1. The summed E-state index contributed by atoms with van der Waals surface area (Å²) >= 11 is 0. The summed E-state index contributed by atoms with van der Waals surface area (Å²) in [6.45, 7) is 3.97. The Balaban J connectivity index is 1.60. The Hall–Kier alpha value is -2.25. The molecule has 146 valence electrons. The van der Waals surface area contributed by atoms with Gasteiger partial charge in [0, 0.05) is 43.4 Å². The smallest absolute Gasteiger partial charge is 0.270 e. The fourth-order valence-electron chi connectivity index (χ4n) is 4.08. The van der Waals surface area contributed by atoms with Crippen LogP contribution < -0.4 is 5.32 Å². The van der Waals surface area contributed by atoms with Crippen LogP contribution in [0.2, 0.25) is 0 Å². The van der Waals surface area contributed by atoms with Crippen molar-refractivity contribution in [3.8, 4) is 0 Å². The van der Waals surface area contributed by atoms with Crippen molar-refractivity contribution in [1.29, 1.82) is 0 Å². The third-order valence-corrected chi connectivity index (χ3v) is 5.57. The molecule has 0 spiro atoms. The van der Waals surface area contributed by atoms with E-state index in [1.54, 1.807) is 18.2 Å². The van der Waals surface area contributed by atoms with E-state index in [0.29, 0.717) is 12.1 Å². The number of nitrogens with one attached hydrogen (secondary N) is 1. The molecule has 1 saturated heterocycles. The lowest BCUT2D eigenvalue weighted by molar-refractivity contribution is -0.384. The van der Waals surface area contributed by atoms with Gasteiger partial charge in [0.1, 0.15) is 0 Å². The lowest BCUT2D eigenvalue weighted by Crippen LogP contribution is -2.59. The quantitative estimate of drug-likeness (QED) is 0.471. The van der Waals surface area contributed by atoms with Crippen molar-refractivity contribution < 1.29 is 14.5 Å². The Bertz CT molecular complexity index is 692. The van der Waals surface area contributed by atoms with Crippen LogP contribution >= 0.6 is 0 Å². The van der Waals surface area contributed by atoms with Crippen molar-refractivity contribution in [2.45, 2.75) is 37.6 Å². The van der Waals surface area contributed by atoms with Crippen LogP contribution in [0.25, 0.3) is 6.08 Å². The second-order valence-electron chi connectivity index (χ2n) is 7.29. The average molecular weight is 373 g/mol. The molecule has 1 saturated carbocycles. The van der Waals surface area contributed by atoms with Gasteiger partial charge in [0.2, 0.25) is 5.91 Å². The molecule has 1 aliphatic carbocycles. The van der Waals surface area contributed by atoms with Crippen molar-refractivity contribution in [1.82, 2.24) is 10.2 Å². The molecule has 1 aromatic rings. The summed E-state index contributed by atoms with van der Waals surface area (Å²) in [6, 6.07) is 6.25. The highest BCUT2D eigenvalue weighted by atomic mass is 16.6. The Morgan fingerprint density at radius 1 is 1.26 bits per heavy atom. The first-order valence-electron chi connectivity index (χ1n) is 9.62. The summed E-state index contributed by atoms with van der Waals surface area (Å²) in [5.41, 5.74) is 0.683. The molecule has 0 radical (unpaired) electrons. The maximum atomic E-state index is 12.3. The molecule has 7 nitrogen and oxygen atoms in total. The van der Waals surface area contributed by atoms with Crippen molar-refractivity contribution >= 4 is 17.7 Å². The molecular weight excluding hydrogens is 346 g/mol. The number of ether oxygens (including phenoxy) is 1. The number of rotatable bonds is 6. The molecule has 3 rings (SSSR count). The largest absolute Gasteiger partial charge is 0.379 e. The fourth-order valence-corrected chi connectivity index (χ4v) is 4.08. The highest BCUT2D eigenvalue weighted by Crippen LogP contribution is 2.33. The number of nitrogens with zero attached hydrogens (tertiary/aromatic N) is 2. The number of benzene rings is 1. The zero-order valence-electron chi connectivity index (χ0n) is 15.6. The number of hydrogen-bond donors (Lipinski definition) is 1. The lowest BCUT2D eigenvalue weighted by atomic mass is 9.79. The summed E-state index contributed by atoms with van der Waals surface area (Å²) < 4.78 is 5.49. The summed E-state index contributed by atoms with van der Waals surface area (Å²) in [5.74, 6) is -0.167. The molecule has 7 heteroatoms. The van der Waals surface area contributed by atoms with Crippen LogP contribution in [-0.2, 0) is 9.53 Å². The zero-order chi connectivity index (χ0) is 19.1. The SMILES string of the molecule is O=C(/C=C/c1cccc([N+](=O)[O-])c1)NCC1(N2CCOCC2)CCCCC1. The van der Waals surface area contributed by atoms with Gasteiger partial charge in [0.15, 0.2) is 0 Å². The van der Waals surface area contributed by atoms with E-state index in [4.69, 9.17) is 4.74 Å². The van der Waals surface area contributed by atoms with E-state index < -0.39 is 4.92 Å². The van der Waals surface area contributed by atoms with Crippen molar-refractivity contribution in [2.75, 3.05) is 32.8 Å². The molecule has 0 bridgehead atoms. The van der Waals surface area contributed by atoms with Gasteiger partial charge >= 0.3 is 0 Å². The lowest BCUT2D eigenvalue weighted by Gasteiger charge is -2.48. The highest BCUT2D eigenvalue weighted by molar-refractivity contribution is 5.91. The number of nitro benzene ring substituents is 1. The minimum absolute atomic E-state index is 0.0195. The van der Waals surface area contributed by atoms with Gasteiger partial charge in [-0.15, -0.1) is 0 Å². The molecule has 1 N–H and O–H groups in total. The van der Waals surface area contributed by atoms with Gasteiger partial charge in [0.05, 0.1) is 18.1 Å². The summed E-state index contributed by atoms with van der Waals surface area (Å²) in [4.78, 5) is 25.2. The van der Waals surface area contributed by atoms with E-state index in [0.717, 1.165) is 39.1 Å². The van der Waals surface area contributed by atoms with Crippen LogP contribution in [0.4, 0.5) is 5.69 Å². The molecule has 27 heavy (non-hydrogen) atoms. The molecule has 0 aromatic heterocycles. The van der Waals surface area contributed by atoms with Crippen molar-refractivity contribution in [3.63, 3.8) is 0 Å². The van der Waals surface area contributed by atoms with E-state index in [1.807, 2.05) is 0 Å². The standard InChI is InChI=1S/C20H27N3O4/c24-19(8-7-17-5-4-6-18(15-17)23(25)26)21-16-20(9-2-1-3-10-20)22-11-13-27-14-12-22/h4-8,15H,1-3,9-14,16H2,(H,21,24)/b8-7+. The highest BCUT2D eigenvalue weighted by Gasteiger charge is 2.38. The number of morpholine rings is 1. The Labute approximate surface area is 159 Å². The normalized spacial score (nSPS) is 20.4. The first-order valence-corrected chi connectivity index (χ1v) is 9.62. The number of hydrogen-bond acceptors (Lipinski definition) is 5. The molecule has 1 amide bonds. The molecule has 1 aliphatic heterocycles. The van der Waals surface area contributed by atoms with Crippen LogP contribution in [0.1, 0.15) is 37.7 Å². The second kappa shape index (κ2) is 9.10. The average Bonchev–Trinajstić information content (AvgIpc) is 2.72. The Kier molecular flexibility index (Phi) is 6.58. The molecule has 1 aromatic carbocycles. The minimum atomic E-state index is -0.438. The van der Waals surface area contributed by atoms with Gasteiger partial charge in [-0.2, -0.15) is 0 Å². The van der Waals surface area contributed by atoms with Crippen molar-refractivity contribution in [2.24, 2.45) is 0 Å². The van der Waals surface area contributed by atoms with Crippen LogP contribution in [0.3, 0.4) is 0 Å². The topological polar surface area (TPSA) is 84.7 Å². The van der Waals surface area contributed by atoms with Crippen molar-refractivity contribution in [3.05, 3.63) is 46.0 Å². The molecule has 1 heterocycles. The third kappa shape index (κ3) is 5.14. The predicted octanol–water partition coefficient (Wildman–Crippen LogP) is 2.76. The summed E-state index contributed by atoms with van der Waals surface area (Å²) in [5, 5.41) is 13.9. The maximum absolute atomic E-state index is 12.3. The first kappa shape index (κ1) is 19.5.